The number of amides is 1. The van der Waals surface area contributed by atoms with E-state index in [0.29, 0.717) is 18.2 Å². The van der Waals surface area contributed by atoms with Crippen molar-refractivity contribution in [3.05, 3.63) is 42.0 Å². The van der Waals surface area contributed by atoms with Gasteiger partial charge in [-0.1, -0.05) is 25.1 Å². The van der Waals surface area contributed by atoms with Crippen molar-refractivity contribution >= 4 is 5.91 Å². The number of rotatable bonds is 7. The van der Waals surface area contributed by atoms with Crippen molar-refractivity contribution in [2.75, 3.05) is 13.1 Å². The normalized spacial score (nSPS) is 17.7. The molecule has 7 nitrogen and oxygen atoms in total. The molecule has 0 radical (unpaired) electrons. The number of aryl methyl sites for hydroxylation is 1. The fraction of sp³-hybridized carbons (Fsp3) is 0.600. The number of nitrogens with zero attached hydrogens (tertiary/aromatic N) is 5. The van der Waals surface area contributed by atoms with Crippen LogP contribution in [0.25, 0.3) is 0 Å². The van der Waals surface area contributed by atoms with Gasteiger partial charge in [0.15, 0.2) is 5.69 Å². The number of aromatic nitrogens is 4. The summed E-state index contributed by atoms with van der Waals surface area (Å²) >= 11 is 0. The summed E-state index contributed by atoms with van der Waals surface area (Å²) in [5.74, 6) is 0.538. The minimum Gasteiger partial charge on any atom is -0.328 e. The SMILES string of the molecule is CC(C)CCn1cc(C(=O)N(Cc2ccccn2)C2CCCNCC2)nn1. The molecule has 1 fully saturated rings. The van der Waals surface area contributed by atoms with E-state index in [1.165, 1.54) is 0 Å². The molecule has 0 bridgehead atoms. The lowest BCUT2D eigenvalue weighted by Crippen LogP contribution is -2.40. The zero-order chi connectivity index (χ0) is 19.1. The molecule has 146 valence electrons. The number of carbonyl (C=O) groups is 1. The Morgan fingerprint density at radius 3 is 3.00 bits per heavy atom. The van der Waals surface area contributed by atoms with Gasteiger partial charge in [0.25, 0.3) is 5.91 Å². The first-order chi connectivity index (χ1) is 13.1. The van der Waals surface area contributed by atoms with Crippen LogP contribution < -0.4 is 5.32 Å². The van der Waals surface area contributed by atoms with E-state index in [0.717, 1.165) is 51.0 Å². The van der Waals surface area contributed by atoms with Crippen molar-refractivity contribution in [1.29, 1.82) is 0 Å². The number of carbonyl (C=O) groups excluding carboxylic acids is 1. The molecular formula is C20H30N6O. The molecule has 0 aromatic carbocycles. The van der Waals surface area contributed by atoms with Crippen LogP contribution in [0.15, 0.2) is 30.6 Å². The third-order valence-electron chi connectivity index (χ3n) is 5.00. The molecule has 1 aliphatic rings. The molecule has 1 N–H and O–H groups in total. The number of pyridine rings is 1. The van der Waals surface area contributed by atoms with E-state index in [-0.39, 0.29) is 11.9 Å². The molecular weight excluding hydrogens is 340 g/mol. The Bertz CT molecular complexity index is 706. The van der Waals surface area contributed by atoms with Crippen molar-refractivity contribution in [3.63, 3.8) is 0 Å². The van der Waals surface area contributed by atoms with Gasteiger partial charge in [-0.3, -0.25) is 14.5 Å². The van der Waals surface area contributed by atoms with Gasteiger partial charge in [0.2, 0.25) is 0 Å². The molecule has 2 aromatic heterocycles. The van der Waals surface area contributed by atoms with Gasteiger partial charge in [-0.05, 0) is 56.8 Å². The van der Waals surface area contributed by atoms with E-state index >= 15 is 0 Å². The fourth-order valence-corrected chi connectivity index (χ4v) is 3.39. The average Bonchev–Trinajstić information content (AvgIpc) is 2.99. The van der Waals surface area contributed by atoms with Gasteiger partial charge >= 0.3 is 0 Å². The zero-order valence-corrected chi connectivity index (χ0v) is 16.3. The molecule has 1 unspecified atom stereocenters. The van der Waals surface area contributed by atoms with Crippen molar-refractivity contribution in [2.24, 2.45) is 5.92 Å². The molecule has 1 saturated heterocycles. The fourth-order valence-electron chi connectivity index (χ4n) is 3.39. The van der Waals surface area contributed by atoms with Crippen LogP contribution in [0.3, 0.4) is 0 Å². The van der Waals surface area contributed by atoms with Gasteiger partial charge in [0.1, 0.15) is 0 Å². The van der Waals surface area contributed by atoms with Crippen molar-refractivity contribution in [3.8, 4) is 0 Å². The second kappa shape index (κ2) is 9.60. The molecule has 1 aliphatic heterocycles. The summed E-state index contributed by atoms with van der Waals surface area (Å²) in [5, 5.41) is 11.7. The second-order valence-corrected chi connectivity index (χ2v) is 7.64. The summed E-state index contributed by atoms with van der Waals surface area (Å²) in [6.45, 7) is 7.58. The van der Waals surface area contributed by atoms with E-state index in [9.17, 15) is 4.79 Å². The second-order valence-electron chi connectivity index (χ2n) is 7.64. The van der Waals surface area contributed by atoms with Crippen molar-refractivity contribution in [2.45, 2.75) is 58.7 Å². The quantitative estimate of drug-likeness (QED) is 0.810. The van der Waals surface area contributed by atoms with Gasteiger partial charge in [0.05, 0.1) is 18.4 Å². The Morgan fingerprint density at radius 2 is 2.22 bits per heavy atom. The van der Waals surface area contributed by atoms with Crippen LogP contribution in [0.2, 0.25) is 0 Å². The summed E-state index contributed by atoms with van der Waals surface area (Å²) in [6.07, 6.45) is 7.58. The third kappa shape index (κ3) is 5.60. The Balaban J connectivity index is 1.77. The average molecular weight is 371 g/mol. The predicted molar refractivity (Wildman–Crippen MR) is 104 cm³/mol. The first kappa shape index (κ1) is 19.5. The highest BCUT2D eigenvalue weighted by molar-refractivity contribution is 5.92. The standard InChI is InChI=1S/C20H30N6O/c1-16(2)9-13-25-15-19(23-24-25)20(27)26(14-17-6-3-4-11-22-17)18-7-5-10-21-12-8-18/h3-4,6,11,15-16,18,21H,5,7-10,12-14H2,1-2H3. The molecule has 1 amide bonds. The number of hydrogen-bond donors (Lipinski definition) is 1. The minimum atomic E-state index is -0.0525. The van der Waals surface area contributed by atoms with Gasteiger partial charge in [-0.25, -0.2) is 0 Å². The van der Waals surface area contributed by atoms with Gasteiger partial charge < -0.3 is 10.2 Å². The van der Waals surface area contributed by atoms with Gasteiger partial charge in [0, 0.05) is 18.8 Å². The maximum Gasteiger partial charge on any atom is 0.276 e. The number of nitrogens with one attached hydrogen (secondary N) is 1. The Labute approximate surface area is 161 Å². The lowest BCUT2D eigenvalue weighted by Gasteiger charge is -2.30. The summed E-state index contributed by atoms with van der Waals surface area (Å²) in [7, 11) is 0. The van der Waals surface area contributed by atoms with E-state index in [4.69, 9.17) is 0 Å². The molecule has 3 heterocycles. The van der Waals surface area contributed by atoms with Gasteiger partial charge in [-0.2, -0.15) is 0 Å². The number of hydrogen-bond acceptors (Lipinski definition) is 5. The first-order valence-corrected chi connectivity index (χ1v) is 9.95. The van der Waals surface area contributed by atoms with E-state index in [1.807, 2.05) is 23.1 Å². The molecule has 2 aromatic rings. The molecule has 3 rings (SSSR count). The topological polar surface area (TPSA) is 75.9 Å². The molecule has 27 heavy (non-hydrogen) atoms. The largest absolute Gasteiger partial charge is 0.328 e. The van der Waals surface area contributed by atoms with E-state index in [2.05, 4.69) is 34.5 Å². The van der Waals surface area contributed by atoms with Crippen LogP contribution in [-0.4, -0.2) is 49.9 Å². The van der Waals surface area contributed by atoms with E-state index in [1.54, 1.807) is 17.1 Å². The molecule has 0 spiro atoms. The summed E-state index contributed by atoms with van der Waals surface area (Å²) in [4.78, 5) is 19.6. The molecule has 0 saturated carbocycles. The molecule has 1 atom stereocenters. The lowest BCUT2D eigenvalue weighted by molar-refractivity contribution is 0.0636. The van der Waals surface area contributed by atoms with Crippen LogP contribution in [0, 0.1) is 5.92 Å². The Morgan fingerprint density at radius 1 is 1.33 bits per heavy atom. The smallest absolute Gasteiger partial charge is 0.276 e. The molecule has 0 aliphatic carbocycles. The maximum absolute atomic E-state index is 13.3. The third-order valence-corrected chi connectivity index (χ3v) is 5.00. The zero-order valence-electron chi connectivity index (χ0n) is 16.3. The predicted octanol–water partition coefficient (Wildman–Crippen LogP) is 2.50. The molecule has 7 heteroatoms. The van der Waals surface area contributed by atoms with Crippen LogP contribution >= 0.6 is 0 Å². The van der Waals surface area contributed by atoms with Crippen LogP contribution in [-0.2, 0) is 13.1 Å². The van der Waals surface area contributed by atoms with Crippen molar-refractivity contribution in [1.82, 2.24) is 30.2 Å². The minimum absolute atomic E-state index is 0.0525. The van der Waals surface area contributed by atoms with Crippen LogP contribution in [0.4, 0.5) is 0 Å². The summed E-state index contributed by atoms with van der Waals surface area (Å²) in [5.41, 5.74) is 1.32. The van der Waals surface area contributed by atoms with E-state index < -0.39 is 0 Å². The Hall–Kier alpha value is -2.28. The van der Waals surface area contributed by atoms with Crippen molar-refractivity contribution < 1.29 is 4.79 Å². The Kier molecular flexibility index (Phi) is 6.92. The summed E-state index contributed by atoms with van der Waals surface area (Å²) in [6, 6.07) is 6.01. The first-order valence-electron chi connectivity index (χ1n) is 9.95. The maximum atomic E-state index is 13.3. The highest BCUT2D eigenvalue weighted by atomic mass is 16.2. The lowest BCUT2D eigenvalue weighted by atomic mass is 10.1. The van der Waals surface area contributed by atoms with Crippen LogP contribution in [0.1, 0.15) is 55.7 Å². The van der Waals surface area contributed by atoms with Gasteiger partial charge in [-0.15, -0.1) is 5.10 Å². The highest BCUT2D eigenvalue weighted by Gasteiger charge is 2.27. The monoisotopic (exact) mass is 370 g/mol. The summed E-state index contributed by atoms with van der Waals surface area (Å²) < 4.78 is 1.78. The van der Waals surface area contributed by atoms with Crippen LogP contribution in [0.5, 0.6) is 0 Å². The highest BCUT2D eigenvalue weighted by Crippen LogP contribution is 2.19.